The van der Waals surface area contributed by atoms with E-state index < -0.39 is 12.0 Å². The molecule has 7 heteroatoms. The fourth-order valence-electron chi connectivity index (χ4n) is 1.48. The molecule has 0 aromatic rings. The van der Waals surface area contributed by atoms with Crippen LogP contribution in [-0.2, 0) is 14.3 Å². The number of morpholine rings is 1. The molecule has 1 amide bonds. The van der Waals surface area contributed by atoms with E-state index in [9.17, 15) is 9.59 Å². The van der Waals surface area contributed by atoms with Crippen molar-refractivity contribution in [2.75, 3.05) is 39.4 Å². The number of ether oxygens (including phenoxy) is 1. The van der Waals surface area contributed by atoms with Crippen LogP contribution in [0.15, 0.2) is 0 Å². The summed E-state index contributed by atoms with van der Waals surface area (Å²) < 4.78 is 5.19. The first kappa shape index (κ1) is 13.9. The average molecular weight is 245 g/mol. The third-order valence-corrected chi connectivity index (χ3v) is 2.60. The standard InChI is InChI=1S/C10H19N3O4/c11-8(10(15)16)7-12-9(14)1-2-13-3-5-17-6-4-13/h8H,1-7,11H2,(H,12,14)(H,15,16)/t8-/m0/s1. The first-order chi connectivity index (χ1) is 8.09. The fraction of sp³-hybridized carbons (Fsp3) is 0.800. The summed E-state index contributed by atoms with van der Waals surface area (Å²) in [6.45, 7) is 3.70. The molecule has 0 aromatic carbocycles. The van der Waals surface area contributed by atoms with Crippen molar-refractivity contribution in [3.8, 4) is 0 Å². The summed E-state index contributed by atoms with van der Waals surface area (Å²) in [6.07, 6.45) is 0.354. The van der Waals surface area contributed by atoms with Crippen molar-refractivity contribution in [2.45, 2.75) is 12.5 Å². The van der Waals surface area contributed by atoms with Crippen LogP contribution in [0.4, 0.5) is 0 Å². The summed E-state index contributed by atoms with van der Waals surface area (Å²) in [4.78, 5) is 24.0. The zero-order chi connectivity index (χ0) is 12.7. The van der Waals surface area contributed by atoms with Gasteiger partial charge in [-0.1, -0.05) is 0 Å². The summed E-state index contributed by atoms with van der Waals surface area (Å²) in [5, 5.41) is 11.0. The third-order valence-electron chi connectivity index (χ3n) is 2.60. The lowest BCUT2D eigenvalue weighted by molar-refractivity contribution is -0.138. The highest BCUT2D eigenvalue weighted by Crippen LogP contribution is 1.97. The van der Waals surface area contributed by atoms with E-state index in [0.717, 1.165) is 13.1 Å². The summed E-state index contributed by atoms with van der Waals surface area (Å²) in [5.74, 6) is -1.29. The molecule has 98 valence electrons. The van der Waals surface area contributed by atoms with Crippen molar-refractivity contribution in [3.63, 3.8) is 0 Å². The van der Waals surface area contributed by atoms with Crippen LogP contribution in [-0.4, -0.2) is 67.3 Å². The quantitative estimate of drug-likeness (QED) is 0.512. The number of amides is 1. The molecule has 1 aliphatic rings. The lowest BCUT2D eigenvalue weighted by atomic mass is 10.3. The van der Waals surface area contributed by atoms with Crippen LogP contribution < -0.4 is 11.1 Å². The largest absolute Gasteiger partial charge is 0.480 e. The Bertz CT molecular complexity index is 266. The van der Waals surface area contributed by atoms with Gasteiger partial charge in [-0.25, -0.2) is 0 Å². The molecule has 0 radical (unpaired) electrons. The lowest BCUT2D eigenvalue weighted by Crippen LogP contribution is -2.43. The van der Waals surface area contributed by atoms with Gasteiger partial charge in [0.05, 0.1) is 13.2 Å². The van der Waals surface area contributed by atoms with Gasteiger partial charge in [-0.3, -0.25) is 14.5 Å². The number of carbonyl (C=O) groups is 2. The van der Waals surface area contributed by atoms with E-state index in [1.54, 1.807) is 0 Å². The normalized spacial score (nSPS) is 18.6. The molecule has 0 spiro atoms. The SMILES string of the molecule is N[C@@H](CNC(=O)CCN1CCOCC1)C(=O)O. The van der Waals surface area contributed by atoms with Crippen molar-refractivity contribution < 1.29 is 19.4 Å². The molecule has 17 heavy (non-hydrogen) atoms. The van der Waals surface area contributed by atoms with E-state index in [4.69, 9.17) is 15.6 Å². The first-order valence-electron chi connectivity index (χ1n) is 5.65. The maximum atomic E-state index is 11.4. The van der Waals surface area contributed by atoms with Gasteiger partial charge in [-0.05, 0) is 0 Å². The number of hydrogen-bond donors (Lipinski definition) is 3. The second-order valence-corrected chi connectivity index (χ2v) is 3.95. The van der Waals surface area contributed by atoms with Crippen molar-refractivity contribution in [1.82, 2.24) is 10.2 Å². The van der Waals surface area contributed by atoms with Crippen LogP contribution in [0.2, 0.25) is 0 Å². The minimum absolute atomic E-state index is 0.0305. The van der Waals surface area contributed by atoms with Gasteiger partial charge in [-0.15, -0.1) is 0 Å². The van der Waals surface area contributed by atoms with Crippen LogP contribution in [0.5, 0.6) is 0 Å². The predicted molar refractivity (Wildman–Crippen MR) is 60.5 cm³/mol. The molecule has 0 saturated carbocycles. The van der Waals surface area contributed by atoms with Crippen molar-refractivity contribution >= 4 is 11.9 Å². The maximum Gasteiger partial charge on any atom is 0.322 e. The summed E-state index contributed by atoms with van der Waals surface area (Å²) >= 11 is 0. The van der Waals surface area contributed by atoms with Gasteiger partial charge in [0, 0.05) is 32.6 Å². The minimum Gasteiger partial charge on any atom is -0.480 e. The Labute approximate surface area is 99.9 Å². The van der Waals surface area contributed by atoms with E-state index in [-0.39, 0.29) is 12.5 Å². The molecule has 1 heterocycles. The number of carboxylic acid groups (broad SMARTS) is 1. The second-order valence-electron chi connectivity index (χ2n) is 3.95. The maximum absolute atomic E-state index is 11.4. The smallest absolute Gasteiger partial charge is 0.322 e. The molecule has 1 aliphatic heterocycles. The molecule has 4 N–H and O–H groups in total. The highest BCUT2D eigenvalue weighted by molar-refractivity contribution is 5.78. The Morgan fingerprint density at radius 2 is 2.06 bits per heavy atom. The fourth-order valence-corrected chi connectivity index (χ4v) is 1.48. The van der Waals surface area contributed by atoms with Gasteiger partial charge in [0.15, 0.2) is 0 Å². The molecule has 7 nitrogen and oxygen atoms in total. The zero-order valence-corrected chi connectivity index (χ0v) is 9.72. The van der Waals surface area contributed by atoms with Crippen LogP contribution >= 0.6 is 0 Å². The van der Waals surface area contributed by atoms with Gasteiger partial charge < -0.3 is 20.9 Å². The highest BCUT2D eigenvalue weighted by Gasteiger charge is 2.14. The molecule has 0 bridgehead atoms. The van der Waals surface area contributed by atoms with Gasteiger partial charge >= 0.3 is 5.97 Å². The second kappa shape index (κ2) is 7.21. The molecule has 0 aromatic heterocycles. The number of nitrogens with two attached hydrogens (primary N) is 1. The van der Waals surface area contributed by atoms with E-state index in [0.29, 0.717) is 26.2 Å². The number of carbonyl (C=O) groups excluding carboxylic acids is 1. The molecule has 1 saturated heterocycles. The number of aliphatic carboxylic acids is 1. The molecule has 1 fully saturated rings. The van der Waals surface area contributed by atoms with E-state index in [1.807, 2.05) is 0 Å². The number of carboxylic acids is 1. The third kappa shape index (κ3) is 5.62. The molecular formula is C10H19N3O4. The van der Waals surface area contributed by atoms with Crippen molar-refractivity contribution in [3.05, 3.63) is 0 Å². The van der Waals surface area contributed by atoms with E-state index >= 15 is 0 Å². The lowest BCUT2D eigenvalue weighted by Gasteiger charge is -2.26. The number of nitrogens with one attached hydrogen (secondary N) is 1. The van der Waals surface area contributed by atoms with Crippen molar-refractivity contribution in [2.24, 2.45) is 5.73 Å². The average Bonchev–Trinajstić information content (AvgIpc) is 2.34. The topological polar surface area (TPSA) is 105 Å². The summed E-state index contributed by atoms with van der Waals surface area (Å²) in [5.41, 5.74) is 5.26. The first-order valence-corrected chi connectivity index (χ1v) is 5.65. The van der Waals surface area contributed by atoms with Gasteiger partial charge in [-0.2, -0.15) is 0 Å². The molecule has 1 rings (SSSR count). The van der Waals surface area contributed by atoms with Crippen LogP contribution in [0, 0.1) is 0 Å². The molecule has 1 atom stereocenters. The zero-order valence-electron chi connectivity index (χ0n) is 9.72. The minimum atomic E-state index is -1.11. The monoisotopic (exact) mass is 245 g/mol. The Hall–Kier alpha value is -1.18. The van der Waals surface area contributed by atoms with Crippen LogP contribution in [0.3, 0.4) is 0 Å². The molecular weight excluding hydrogens is 226 g/mol. The number of hydrogen-bond acceptors (Lipinski definition) is 5. The highest BCUT2D eigenvalue weighted by atomic mass is 16.5. The Kier molecular flexibility index (Phi) is 5.88. The van der Waals surface area contributed by atoms with Gasteiger partial charge in [0.1, 0.15) is 6.04 Å². The Balaban J connectivity index is 2.10. The van der Waals surface area contributed by atoms with Crippen LogP contribution in [0.25, 0.3) is 0 Å². The number of rotatable bonds is 6. The molecule has 0 aliphatic carbocycles. The predicted octanol–water partition coefficient (Wildman–Crippen LogP) is -1.76. The van der Waals surface area contributed by atoms with Crippen molar-refractivity contribution in [1.29, 1.82) is 0 Å². The van der Waals surface area contributed by atoms with Gasteiger partial charge in [0.2, 0.25) is 5.91 Å². The molecule has 0 unspecified atom stereocenters. The van der Waals surface area contributed by atoms with E-state index in [2.05, 4.69) is 10.2 Å². The van der Waals surface area contributed by atoms with Gasteiger partial charge in [0.25, 0.3) is 0 Å². The number of nitrogens with zero attached hydrogens (tertiary/aromatic N) is 1. The summed E-state index contributed by atoms with van der Waals surface area (Å²) in [7, 11) is 0. The Morgan fingerprint density at radius 3 is 2.65 bits per heavy atom. The van der Waals surface area contributed by atoms with Crippen LogP contribution in [0.1, 0.15) is 6.42 Å². The Morgan fingerprint density at radius 1 is 1.41 bits per heavy atom. The van der Waals surface area contributed by atoms with E-state index in [1.165, 1.54) is 0 Å². The summed E-state index contributed by atoms with van der Waals surface area (Å²) in [6, 6.07) is -1.04.